The molecule has 0 aliphatic carbocycles. The molecule has 0 atom stereocenters. The van der Waals surface area contributed by atoms with Crippen LogP contribution in [-0.4, -0.2) is 54.9 Å². The number of ketones is 1. The molecule has 132 valence electrons. The highest BCUT2D eigenvalue weighted by Crippen LogP contribution is 2.34. The zero-order valence-corrected chi connectivity index (χ0v) is 14.6. The fraction of sp³-hybridized carbons (Fsp3) is 0.421. The standard InChI is InChI=1S/C19H22N2O4/c1-13-9-16(17(22)11-20-5-7-23-8-6-20)14(2)21(13)15-3-4-18-19(10-15)25-12-24-18/h3-4,9-10H,5-8,11-12H2,1-2H3. The van der Waals surface area contributed by atoms with Crippen LogP contribution >= 0.6 is 0 Å². The second kappa shape index (κ2) is 6.54. The molecule has 1 fully saturated rings. The van der Waals surface area contributed by atoms with E-state index in [9.17, 15) is 4.79 Å². The number of aryl methyl sites for hydroxylation is 1. The number of hydrogen-bond acceptors (Lipinski definition) is 5. The molecule has 1 aromatic carbocycles. The largest absolute Gasteiger partial charge is 0.454 e. The van der Waals surface area contributed by atoms with E-state index in [0.29, 0.717) is 19.8 Å². The van der Waals surface area contributed by atoms with Crippen LogP contribution in [0.25, 0.3) is 5.69 Å². The van der Waals surface area contributed by atoms with E-state index >= 15 is 0 Å². The molecule has 25 heavy (non-hydrogen) atoms. The van der Waals surface area contributed by atoms with Gasteiger partial charge in [-0.15, -0.1) is 0 Å². The number of Topliss-reactive ketones (excluding diaryl/α,β-unsaturated/α-hetero) is 1. The number of carbonyl (C=O) groups excluding carboxylic acids is 1. The smallest absolute Gasteiger partial charge is 0.231 e. The van der Waals surface area contributed by atoms with Crippen molar-refractivity contribution in [3.8, 4) is 17.2 Å². The topological polar surface area (TPSA) is 52.9 Å². The summed E-state index contributed by atoms with van der Waals surface area (Å²) >= 11 is 0. The van der Waals surface area contributed by atoms with Crippen LogP contribution in [0.2, 0.25) is 0 Å². The Morgan fingerprint density at radius 1 is 1.08 bits per heavy atom. The lowest BCUT2D eigenvalue weighted by molar-refractivity contribution is 0.0371. The van der Waals surface area contributed by atoms with Crippen LogP contribution in [0.3, 0.4) is 0 Å². The molecule has 6 nitrogen and oxygen atoms in total. The fourth-order valence-electron chi connectivity index (χ4n) is 3.51. The number of rotatable bonds is 4. The lowest BCUT2D eigenvalue weighted by Crippen LogP contribution is -2.39. The van der Waals surface area contributed by atoms with Gasteiger partial charge in [-0.1, -0.05) is 0 Å². The van der Waals surface area contributed by atoms with Crippen LogP contribution in [0.1, 0.15) is 21.7 Å². The molecule has 0 radical (unpaired) electrons. The van der Waals surface area contributed by atoms with Crippen molar-refractivity contribution in [1.82, 2.24) is 9.47 Å². The minimum atomic E-state index is 0.155. The van der Waals surface area contributed by atoms with Crippen LogP contribution < -0.4 is 9.47 Å². The van der Waals surface area contributed by atoms with E-state index in [0.717, 1.165) is 47.2 Å². The molecule has 0 unspecified atom stereocenters. The zero-order valence-electron chi connectivity index (χ0n) is 14.6. The summed E-state index contributed by atoms with van der Waals surface area (Å²) in [7, 11) is 0. The Kier molecular flexibility index (Phi) is 4.23. The van der Waals surface area contributed by atoms with Gasteiger partial charge in [0.15, 0.2) is 17.3 Å². The van der Waals surface area contributed by atoms with E-state index in [1.54, 1.807) is 0 Å². The van der Waals surface area contributed by atoms with Crippen molar-refractivity contribution in [2.75, 3.05) is 39.6 Å². The van der Waals surface area contributed by atoms with Crippen LogP contribution in [0.4, 0.5) is 0 Å². The number of nitrogens with zero attached hydrogens (tertiary/aromatic N) is 2. The lowest BCUT2D eigenvalue weighted by Gasteiger charge is -2.25. The van der Waals surface area contributed by atoms with Crippen molar-refractivity contribution >= 4 is 5.78 Å². The van der Waals surface area contributed by atoms with E-state index in [-0.39, 0.29) is 12.6 Å². The van der Waals surface area contributed by atoms with E-state index in [1.165, 1.54) is 0 Å². The normalized spacial score (nSPS) is 17.0. The first kappa shape index (κ1) is 16.2. The number of morpholine rings is 1. The van der Waals surface area contributed by atoms with E-state index in [4.69, 9.17) is 14.2 Å². The van der Waals surface area contributed by atoms with Crippen molar-refractivity contribution < 1.29 is 19.0 Å². The van der Waals surface area contributed by atoms with Gasteiger partial charge in [0, 0.05) is 41.8 Å². The maximum absolute atomic E-state index is 12.8. The summed E-state index contributed by atoms with van der Waals surface area (Å²) in [5.74, 6) is 1.66. The molecule has 3 heterocycles. The highest BCUT2D eigenvalue weighted by molar-refractivity contribution is 5.99. The lowest BCUT2D eigenvalue weighted by atomic mass is 10.1. The summed E-state index contributed by atoms with van der Waals surface area (Å²) < 4.78 is 18.3. The van der Waals surface area contributed by atoms with Gasteiger partial charge in [0.05, 0.1) is 19.8 Å². The second-order valence-electron chi connectivity index (χ2n) is 6.47. The Hall–Kier alpha value is -2.31. The molecule has 0 spiro atoms. The average molecular weight is 342 g/mol. The molecule has 0 saturated carbocycles. The quantitative estimate of drug-likeness (QED) is 0.799. The van der Waals surface area contributed by atoms with Gasteiger partial charge in [-0.2, -0.15) is 0 Å². The van der Waals surface area contributed by atoms with Gasteiger partial charge in [0.25, 0.3) is 0 Å². The Morgan fingerprint density at radius 2 is 1.84 bits per heavy atom. The van der Waals surface area contributed by atoms with Gasteiger partial charge in [-0.3, -0.25) is 9.69 Å². The van der Waals surface area contributed by atoms with Gasteiger partial charge in [-0.05, 0) is 32.0 Å². The van der Waals surface area contributed by atoms with Gasteiger partial charge in [0.1, 0.15) is 0 Å². The molecule has 0 amide bonds. The Morgan fingerprint density at radius 3 is 2.64 bits per heavy atom. The number of carbonyl (C=O) groups is 1. The van der Waals surface area contributed by atoms with Crippen molar-refractivity contribution in [2.24, 2.45) is 0 Å². The highest BCUT2D eigenvalue weighted by atomic mass is 16.7. The molecule has 1 aromatic heterocycles. The van der Waals surface area contributed by atoms with Crippen LogP contribution in [-0.2, 0) is 4.74 Å². The predicted molar refractivity (Wildman–Crippen MR) is 93.0 cm³/mol. The van der Waals surface area contributed by atoms with Crippen molar-refractivity contribution in [2.45, 2.75) is 13.8 Å². The minimum Gasteiger partial charge on any atom is -0.454 e. The van der Waals surface area contributed by atoms with Crippen molar-refractivity contribution in [3.05, 3.63) is 41.2 Å². The molecular weight excluding hydrogens is 320 g/mol. The minimum absolute atomic E-state index is 0.155. The molecule has 0 N–H and O–H groups in total. The summed E-state index contributed by atoms with van der Waals surface area (Å²) in [5.41, 5.74) is 3.74. The van der Waals surface area contributed by atoms with Crippen molar-refractivity contribution in [3.63, 3.8) is 0 Å². The Balaban J connectivity index is 1.61. The monoisotopic (exact) mass is 342 g/mol. The van der Waals surface area contributed by atoms with Crippen LogP contribution in [0.15, 0.2) is 24.3 Å². The summed E-state index contributed by atoms with van der Waals surface area (Å²) in [6.07, 6.45) is 0. The summed E-state index contributed by atoms with van der Waals surface area (Å²) in [6, 6.07) is 7.83. The molecule has 4 rings (SSSR count). The van der Waals surface area contributed by atoms with Gasteiger partial charge in [-0.25, -0.2) is 0 Å². The molecule has 2 aliphatic heterocycles. The van der Waals surface area contributed by atoms with E-state index < -0.39 is 0 Å². The maximum atomic E-state index is 12.8. The third-order valence-corrected chi connectivity index (χ3v) is 4.82. The number of benzene rings is 1. The zero-order chi connectivity index (χ0) is 17.4. The Bertz CT molecular complexity index is 806. The first-order chi connectivity index (χ1) is 12.1. The molecule has 2 aromatic rings. The number of ether oxygens (including phenoxy) is 3. The molecule has 6 heteroatoms. The van der Waals surface area contributed by atoms with E-state index in [2.05, 4.69) is 9.47 Å². The van der Waals surface area contributed by atoms with Gasteiger partial charge in [0.2, 0.25) is 6.79 Å². The number of fused-ring (bicyclic) bond motifs is 1. The Labute approximate surface area is 146 Å². The molecule has 0 bridgehead atoms. The predicted octanol–water partition coefficient (Wildman–Crippen LogP) is 2.34. The first-order valence-corrected chi connectivity index (χ1v) is 8.56. The third kappa shape index (κ3) is 3.03. The second-order valence-corrected chi connectivity index (χ2v) is 6.47. The SMILES string of the molecule is Cc1cc(C(=O)CN2CCOCC2)c(C)n1-c1ccc2c(c1)OCO2. The summed E-state index contributed by atoms with van der Waals surface area (Å²) in [4.78, 5) is 14.9. The van der Waals surface area contributed by atoms with Crippen LogP contribution in [0.5, 0.6) is 11.5 Å². The summed E-state index contributed by atoms with van der Waals surface area (Å²) in [6.45, 7) is 7.72. The molecular formula is C19H22N2O4. The van der Waals surface area contributed by atoms with Crippen LogP contribution in [0, 0.1) is 13.8 Å². The van der Waals surface area contributed by atoms with Gasteiger partial charge < -0.3 is 18.8 Å². The molecule has 1 saturated heterocycles. The van der Waals surface area contributed by atoms with Gasteiger partial charge >= 0.3 is 0 Å². The first-order valence-electron chi connectivity index (χ1n) is 8.56. The average Bonchev–Trinajstić information content (AvgIpc) is 3.19. The fourth-order valence-corrected chi connectivity index (χ4v) is 3.51. The molecule has 2 aliphatic rings. The summed E-state index contributed by atoms with van der Waals surface area (Å²) in [5, 5.41) is 0. The highest BCUT2D eigenvalue weighted by Gasteiger charge is 2.21. The number of aromatic nitrogens is 1. The van der Waals surface area contributed by atoms with Crippen molar-refractivity contribution in [1.29, 1.82) is 0 Å². The third-order valence-electron chi connectivity index (χ3n) is 4.82. The maximum Gasteiger partial charge on any atom is 0.231 e. The van der Waals surface area contributed by atoms with E-state index in [1.807, 2.05) is 38.1 Å². The number of hydrogen-bond donors (Lipinski definition) is 0.